The maximum Gasteiger partial charge on any atom is 0.302 e. The molecular weight excluding hydrogens is 241 g/mol. The minimum absolute atomic E-state index is 0.0194. The molecule has 98 valence electrons. The minimum atomic E-state index is -1.13. The van der Waals surface area contributed by atoms with Gasteiger partial charge in [0.1, 0.15) is 6.17 Å². The van der Waals surface area contributed by atoms with Crippen LogP contribution in [0.15, 0.2) is 24.3 Å². The average molecular weight is 255 g/mol. The van der Waals surface area contributed by atoms with Crippen molar-refractivity contribution in [2.75, 3.05) is 6.61 Å². The van der Waals surface area contributed by atoms with Crippen LogP contribution in [0.4, 0.5) is 10.1 Å². The molecule has 0 heterocycles. The highest BCUT2D eigenvalue weighted by Crippen LogP contribution is 2.15. The highest BCUT2D eigenvalue weighted by Gasteiger charge is 2.10. The molecule has 1 unspecified atom stereocenters. The van der Waals surface area contributed by atoms with E-state index in [1.165, 1.54) is 31.2 Å². The van der Waals surface area contributed by atoms with Crippen molar-refractivity contribution >= 4 is 11.7 Å². The molecule has 0 spiro atoms. The molecule has 0 bridgehead atoms. The first-order valence-corrected chi connectivity index (χ1v) is 5.50. The SMILES string of the molecule is CC(=O)OCCC(F)Cc1ccc([N+](=O)[O-])cc1. The number of carbonyl (C=O) groups is 1. The van der Waals surface area contributed by atoms with Crippen LogP contribution in [-0.4, -0.2) is 23.7 Å². The van der Waals surface area contributed by atoms with Gasteiger partial charge in [-0.2, -0.15) is 0 Å². The fourth-order valence-corrected chi connectivity index (χ4v) is 1.44. The van der Waals surface area contributed by atoms with E-state index in [2.05, 4.69) is 4.74 Å². The van der Waals surface area contributed by atoms with Crippen LogP contribution < -0.4 is 0 Å². The van der Waals surface area contributed by atoms with Crippen molar-refractivity contribution in [1.29, 1.82) is 0 Å². The number of carbonyl (C=O) groups excluding carboxylic acids is 1. The van der Waals surface area contributed by atoms with Crippen LogP contribution in [0.3, 0.4) is 0 Å². The van der Waals surface area contributed by atoms with Crippen molar-refractivity contribution < 1.29 is 18.8 Å². The Labute approximate surface area is 104 Å². The van der Waals surface area contributed by atoms with Crippen LogP contribution in [0.5, 0.6) is 0 Å². The summed E-state index contributed by atoms with van der Waals surface area (Å²) in [7, 11) is 0. The van der Waals surface area contributed by atoms with E-state index in [1.54, 1.807) is 0 Å². The Hall–Kier alpha value is -1.98. The highest BCUT2D eigenvalue weighted by molar-refractivity contribution is 5.65. The molecule has 0 saturated carbocycles. The summed E-state index contributed by atoms with van der Waals surface area (Å²) in [6, 6.07) is 5.73. The second-order valence-electron chi connectivity index (χ2n) is 3.85. The smallest absolute Gasteiger partial charge is 0.302 e. The molecule has 0 aromatic heterocycles. The summed E-state index contributed by atoms with van der Waals surface area (Å²) in [5, 5.41) is 10.4. The van der Waals surface area contributed by atoms with Gasteiger partial charge >= 0.3 is 5.97 Å². The fraction of sp³-hybridized carbons (Fsp3) is 0.417. The molecule has 5 nitrogen and oxygen atoms in total. The number of hydrogen-bond acceptors (Lipinski definition) is 4. The lowest BCUT2D eigenvalue weighted by Crippen LogP contribution is -2.10. The molecule has 1 aromatic rings. The fourth-order valence-electron chi connectivity index (χ4n) is 1.44. The molecule has 0 aliphatic rings. The highest BCUT2D eigenvalue weighted by atomic mass is 19.1. The zero-order chi connectivity index (χ0) is 13.5. The van der Waals surface area contributed by atoms with Crippen LogP contribution in [0, 0.1) is 10.1 Å². The van der Waals surface area contributed by atoms with Gasteiger partial charge in [-0.3, -0.25) is 14.9 Å². The maximum atomic E-state index is 13.5. The number of nitro groups is 1. The number of ether oxygens (including phenoxy) is 1. The molecule has 1 rings (SSSR count). The monoisotopic (exact) mass is 255 g/mol. The number of nitro benzene ring substituents is 1. The van der Waals surface area contributed by atoms with Crippen LogP contribution in [-0.2, 0) is 16.0 Å². The van der Waals surface area contributed by atoms with Gasteiger partial charge in [-0.25, -0.2) is 4.39 Å². The van der Waals surface area contributed by atoms with Gasteiger partial charge in [-0.1, -0.05) is 12.1 Å². The predicted octanol–water partition coefficient (Wildman–Crippen LogP) is 2.43. The number of nitrogens with zero attached hydrogens (tertiary/aromatic N) is 1. The van der Waals surface area contributed by atoms with Gasteiger partial charge in [0.05, 0.1) is 11.5 Å². The van der Waals surface area contributed by atoms with Crippen molar-refractivity contribution in [1.82, 2.24) is 0 Å². The van der Waals surface area contributed by atoms with Gasteiger partial charge in [0.2, 0.25) is 0 Å². The molecule has 0 amide bonds. The first-order valence-electron chi connectivity index (χ1n) is 5.50. The van der Waals surface area contributed by atoms with E-state index in [9.17, 15) is 19.3 Å². The first kappa shape index (κ1) is 14.1. The normalized spacial score (nSPS) is 11.9. The summed E-state index contributed by atoms with van der Waals surface area (Å²) in [4.78, 5) is 20.4. The Morgan fingerprint density at radius 1 is 1.44 bits per heavy atom. The molecule has 1 atom stereocenters. The predicted molar refractivity (Wildman–Crippen MR) is 62.9 cm³/mol. The van der Waals surface area contributed by atoms with Crippen LogP contribution >= 0.6 is 0 Å². The first-order chi connectivity index (χ1) is 8.49. The molecule has 0 radical (unpaired) electrons. The van der Waals surface area contributed by atoms with E-state index in [4.69, 9.17) is 0 Å². The zero-order valence-electron chi connectivity index (χ0n) is 9.97. The van der Waals surface area contributed by atoms with Gasteiger partial charge < -0.3 is 4.74 Å². The molecule has 0 saturated heterocycles. The largest absolute Gasteiger partial charge is 0.466 e. The number of rotatable bonds is 6. The number of non-ortho nitro benzene ring substituents is 1. The topological polar surface area (TPSA) is 69.4 Å². The lowest BCUT2D eigenvalue weighted by Gasteiger charge is -2.08. The summed E-state index contributed by atoms with van der Waals surface area (Å²) in [6.45, 7) is 1.31. The number of alkyl halides is 1. The lowest BCUT2D eigenvalue weighted by molar-refractivity contribution is -0.384. The molecular formula is C12H14FNO4. The zero-order valence-corrected chi connectivity index (χ0v) is 9.97. The number of halogens is 1. The van der Waals surface area contributed by atoms with E-state index in [-0.39, 0.29) is 25.1 Å². The Bertz CT molecular complexity index is 419. The van der Waals surface area contributed by atoms with E-state index in [0.29, 0.717) is 5.56 Å². The van der Waals surface area contributed by atoms with Gasteiger partial charge in [0.15, 0.2) is 0 Å². The minimum Gasteiger partial charge on any atom is -0.466 e. The van der Waals surface area contributed by atoms with Crippen LogP contribution in [0.2, 0.25) is 0 Å². The Morgan fingerprint density at radius 2 is 2.06 bits per heavy atom. The second-order valence-corrected chi connectivity index (χ2v) is 3.85. The second kappa shape index (κ2) is 6.68. The molecule has 1 aromatic carbocycles. The molecule has 0 aliphatic heterocycles. The lowest BCUT2D eigenvalue weighted by atomic mass is 10.1. The summed E-state index contributed by atoms with van der Waals surface area (Å²) in [6.07, 6.45) is -0.860. The van der Waals surface area contributed by atoms with Gasteiger partial charge in [0, 0.05) is 31.9 Å². The standard InChI is InChI=1S/C12H14FNO4/c1-9(15)18-7-6-11(13)8-10-2-4-12(5-3-10)14(16)17/h2-5,11H,6-8H2,1H3. The number of esters is 1. The van der Waals surface area contributed by atoms with Gasteiger partial charge in [-0.05, 0) is 5.56 Å². The van der Waals surface area contributed by atoms with E-state index in [0.717, 1.165) is 0 Å². The van der Waals surface area contributed by atoms with Crippen molar-refractivity contribution in [3.05, 3.63) is 39.9 Å². The maximum absolute atomic E-state index is 13.5. The Balaban J connectivity index is 2.41. The Morgan fingerprint density at radius 3 is 2.56 bits per heavy atom. The summed E-state index contributed by atoms with van der Waals surface area (Å²) in [5.41, 5.74) is 0.657. The third kappa shape index (κ3) is 4.90. The molecule has 18 heavy (non-hydrogen) atoms. The number of benzene rings is 1. The average Bonchev–Trinajstić information content (AvgIpc) is 2.29. The van der Waals surface area contributed by atoms with Crippen molar-refractivity contribution in [2.45, 2.75) is 25.9 Å². The van der Waals surface area contributed by atoms with Crippen molar-refractivity contribution in [3.8, 4) is 0 Å². The summed E-state index contributed by atoms with van der Waals surface area (Å²) >= 11 is 0. The Kier molecular flexibility index (Phi) is 5.23. The van der Waals surface area contributed by atoms with E-state index < -0.39 is 17.1 Å². The van der Waals surface area contributed by atoms with E-state index >= 15 is 0 Å². The number of hydrogen-bond donors (Lipinski definition) is 0. The van der Waals surface area contributed by atoms with Crippen molar-refractivity contribution in [2.24, 2.45) is 0 Å². The third-order valence-corrected chi connectivity index (χ3v) is 2.34. The van der Waals surface area contributed by atoms with Gasteiger partial charge in [0.25, 0.3) is 5.69 Å². The van der Waals surface area contributed by atoms with Crippen LogP contribution in [0.25, 0.3) is 0 Å². The molecule has 0 aliphatic carbocycles. The third-order valence-electron chi connectivity index (χ3n) is 2.34. The molecule has 0 N–H and O–H groups in total. The molecule has 0 fully saturated rings. The molecule has 6 heteroatoms. The van der Waals surface area contributed by atoms with Crippen molar-refractivity contribution in [3.63, 3.8) is 0 Å². The van der Waals surface area contributed by atoms with Crippen LogP contribution in [0.1, 0.15) is 18.9 Å². The summed E-state index contributed by atoms with van der Waals surface area (Å²) in [5.74, 6) is -0.433. The summed E-state index contributed by atoms with van der Waals surface area (Å²) < 4.78 is 18.1. The van der Waals surface area contributed by atoms with Gasteiger partial charge in [-0.15, -0.1) is 0 Å². The van der Waals surface area contributed by atoms with E-state index in [1.807, 2.05) is 0 Å². The quantitative estimate of drug-likeness (QED) is 0.444.